The second-order valence-corrected chi connectivity index (χ2v) is 7.10. The van der Waals surface area contributed by atoms with Gasteiger partial charge in [-0.15, -0.1) is 10.2 Å². The standard InChI is InChI=1S/C20H25N3O4/c1-2-15-5-3-4-10-23(15)20(24)9-8-18-21-22-19(27-18)12-14-6-7-16-17(11-14)26-13-25-16/h6-7,11,15H,2-5,8-10,12-13H2,1H3. The average Bonchev–Trinajstić information content (AvgIpc) is 3.35. The van der Waals surface area contributed by atoms with E-state index in [9.17, 15) is 4.79 Å². The van der Waals surface area contributed by atoms with E-state index in [0.717, 1.165) is 42.9 Å². The van der Waals surface area contributed by atoms with Crippen LogP contribution < -0.4 is 9.47 Å². The van der Waals surface area contributed by atoms with Crippen molar-refractivity contribution in [2.24, 2.45) is 0 Å². The van der Waals surface area contributed by atoms with Gasteiger partial charge in [0.05, 0.1) is 6.42 Å². The number of nitrogens with zero attached hydrogens (tertiary/aromatic N) is 3. The van der Waals surface area contributed by atoms with Crippen molar-refractivity contribution in [2.75, 3.05) is 13.3 Å². The maximum absolute atomic E-state index is 12.6. The fourth-order valence-electron chi connectivity index (χ4n) is 3.80. The monoisotopic (exact) mass is 371 g/mol. The highest BCUT2D eigenvalue weighted by molar-refractivity contribution is 5.76. The van der Waals surface area contributed by atoms with Crippen LogP contribution in [0.2, 0.25) is 0 Å². The Kier molecular flexibility index (Phi) is 5.27. The highest BCUT2D eigenvalue weighted by Crippen LogP contribution is 2.33. The topological polar surface area (TPSA) is 77.7 Å². The van der Waals surface area contributed by atoms with Crippen LogP contribution >= 0.6 is 0 Å². The Morgan fingerprint density at radius 2 is 2.04 bits per heavy atom. The zero-order valence-electron chi connectivity index (χ0n) is 15.6. The molecule has 2 aromatic rings. The molecule has 2 aliphatic heterocycles. The molecular weight excluding hydrogens is 346 g/mol. The predicted molar refractivity (Wildman–Crippen MR) is 97.6 cm³/mol. The molecule has 1 aromatic heterocycles. The van der Waals surface area contributed by atoms with Gasteiger partial charge in [-0.2, -0.15) is 0 Å². The molecule has 0 N–H and O–H groups in total. The molecule has 0 saturated carbocycles. The van der Waals surface area contributed by atoms with Crippen molar-refractivity contribution in [3.8, 4) is 11.5 Å². The largest absolute Gasteiger partial charge is 0.454 e. The van der Waals surface area contributed by atoms with Crippen molar-refractivity contribution in [3.63, 3.8) is 0 Å². The molecule has 1 atom stereocenters. The molecule has 1 unspecified atom stereocenters. The van der Waals surface area contributed by atoms with E-state index in [1.54, 1.807) is 0 Å². The number of carbonyl (C=O) groups excluding carboxylic acids is 1. The van der Waals surface area contributed by atoms with Crippen molar-refractivity contribution >= 4 is 5.91 Å². The third-order valence-corrected chi connectivity index (χ3v) is 5.27. The Balaban J connectivity index is 1.32. The molecule has 4 rings (SSSR count). The average molecular weight is 371 g/mol. The molecule has 1 aromatic carbocycles. The summed E-state index contributed by atoms with van der Waals surface area (Å²) < 4.78 is 16.4. The summed E-state index contributed by atoms with van der Waals surface area (Å²) in [4.78, 5) is 14.6. The lowest BCUT2D eigenvalue weighted by molar-refractivity contribution is -0.135. The SMILES string of the molecule is CCC1CCCCN1C(=O)CCc1nnc(Cc2ccc3c(c2)OCO3)o1. The number of amides is 1. The predicted octanol–water partition coefficient (Wildman–Crippen LogP) is 3.11. The van der Waals surface area contributed by atoms with E-state index < -0.39 is 0 Å². The minimum absolute atomic E-state index is 0.192. The van der Waals surface area contributed by atoms with Crippen molar-refractivity contribution in [2.45, 2.75) is 57.9 Å². The second kappa shape index (κ2) is 7.98. The van der Waals surface area contributed by atoms with Crippen LogP contribution in [0.3, 0.4) is 0 Å². The number of fused-ring (bicyclic) bond motifs is 1. The van der Waals surface area contributed by atoms with Crippen LogP contribution in [0.4, 0.5) is 0 Å². The number of hydrogen-bond acceptors (Lipinski definition) is 6. The van der Waals surface area contributed by atoms with Crippen molar-refractivity contribution in [3.05, 3.63) is 35.5 Å². The summed E-state index contributed by atoms with van der Waals surface area (Å²) in [6, 6.07) is 6.16. The van der Waals surface area contributed by atoms with Gasteiger partial charge in [-0.25, -0.2) is 0 Å². The summed E-state index contributed by atoms with van der Waals surface area (Å²) in [5.74, 6) is 2.75. The minimum Gasteiger partial charge on any atom is -0.454 e. The van der Waals surface area contributed by atoms with E-state index in [-0.39, 0.29) is 12.7 Å². The Hall–Kier alpha value is -2.57. The number of aromatic nitrogens is 2. The molecule has 0 aliphatic carbocycles. The normalized spacial score (nSPS) is 18.7. The van der Waals surface area contributed by atoms with Crippen LogP contribution in [-0.2, 0) is 17.6 Å². The van der Waals surface area contributed by atoms with Gasteiger partial charge in [0, 0.05) is 25.4 Å². The Morgan fingerprint density at radius 3 is 2.93 bits per heavy atom. The molecule has 0 radical (unpaired) electrons. The minimum atomic E-state index is 0.192. The van der Waals surface area contributed by atoms with Gasteiger partial charge in [0.25, 0.3) is 0 Å². The van der Waals surface area contributed by atoms with Gasteiger partial charge in [0.1, 0.15) is 0 Å². The number of piperidine rings is 1. The molecular formula is C20H25N3O4. The molecule has 1 fully saturated rings. The van der Waals surface area contributed by atoms with Crippen molar-refractivity contribution in [1.82, 2.24) is 15.1 Å². The summed E-state index contributed by atoms with van der Waals surface area (Å²) in [6.07, 6.45) is 5.88. The molecule has 27 heavy (non-hydrogen) atoms. The van der Waals surface area contributed by atoms with E-state index in [4.69, 9.17) is 13.9 Å². The third-order valence-electron chi connectivity index (χ3n) is 5.27. The number of ether oxygens (including phenoxy) is 2. The zero-order chi connectivity index (χ0) is 18.6. The number of benzene rings is 1. The molecule has 0 bridgehead atoms. The van der Waals surface area contributed by atoms with Gasteiger partial charge in [-0.1, -0.05) is 13.0 Å². The van der Waals surface area contributed by atoms with Gasteiger partial charge in [0.2, 0.25) is 24.5 Å². The second-order valence-electron chi connectivity index (χ2n) is 7.10. The first-order valence-corrected chi connectivity index (χ1v) is 9.72. The van der Waals surface area contributed by atoms with Crippen LogP contribution in [0.5, 0.6) is 11.5 Å². The highest BCUT2D eigenvalue weighted by Gasteiger charge is 2.25. The van der Waals surface area contributed by atoms with Gasteiger partial charge in [0.15, 0.2) is 11.5 Å². The highest BCUT2D eigenvalue weighted by atomic mass is 16.7. The summed E-state index contributed by atoms with van der Waals surface area (Å²) in [5, 5.41) is 8.21. The smallest absolute Gasteiger partial charge is 0.231 e. The molecule has 7 heteroatoms. The fraction of sp³-hybridized carbons (Fsp3) is 0.550. The van der Waals surface area contributed by atoms with E-state index in [1.807, 2.05) is 23.1 Å². The van der Waals surface area contributed by atoms with Gasteiger partial charge in [-0.3, -0.25) is 4.79 Å². The molecule has 1 saturated heterocycles. The van der Waals surface area contributed by atoms with Crippen molar-refractivity contribution < 1.29 is 18.7 Å². The van der Waals surface area contributed by atoms with E-state index in [1.165, 1.54) is 6.42 Å². The molecule has 7 nitrogen and oxygen atoms in total. The fourth-order valence-corrected chi connectivity index (χ4v) is 3.80. The van der Waals surface area contributed by atoms with Gasteiger partial charge in [-0.05, 0) is 43.4 Å². The molecule has 1 amide bonds. The number of rotatable bonds is 6. The summed E-state index contributed by atoms with van der Waals surface area (Å²) in [5.41, 5.74) is 1.02. The number of aryl methyl sites for hydroxylation is 1. The summed E-state index contributed by atoms with van der Waals surface area (Å²) in [6.45, 7) is 3.28. The molecule has 144 valence electrons. The lowest BCUT2D eigenvalue weighted by Crippen LogP contribution is -2.43. The number of carbonyl (C=O) groups is 1. The lowest BCUT2D eigenvalue weighted by Gasteiger charge is -2.35. The van der Waals surface area contributed by atoms with Gasteiger partial charge < -0.3 is 18.8 Å². The first-order chi connectivity index (χ1) is 13.2. The first kappa shape index (κ1) is 17.8. The Labute approximate surface area is 158 Å². The van der Waals surface area contributed by atoms with Crippen LogP contribution in [-0.4, -0.2) is 40.4 Å². The van der Waals surface area contributed by atoms with Crippen LogP contribution in [0.25, 0.3) is 0 Å². The van der Waals surface area contributed by atoms with E-state index >= 15 is 0 Å². The van der Waals surface area contributed by atoms with Crippen LogP contribution in [0.15, 0.2) is 22.6 Å². The van der Waals surface area contributed by atoms with E-state index in [0.29, 0.717) is 37.1 Å². The Morgan fingerprint density at radius 1 is 1.19 bits per heavy atom. The first-order valence-electron chi connectivity index (χ1n) is 9.72. The maximum atomic E-state index is 12.6. The maximum Gasteiger partial charge on any atom is 0.231 e. The quantitative estimate of drug-likeness (QED) is 0.776. The molecule has 2 aliphatic rings. The van der Waals surface area contributed by atoms with Crippen LogP contribution in [0.1, 0.15) is 56.4 Å². The summed E-state index contributed by atoms with van der Waals surface area (Å²) >= 11 is 0. The third kappa shape index (κ3) is 4.07. The number of hydrogen-bond donors (Lipinski definition) is 0. The Bertz CT molecular complexity index is 804. The zero-order valence-corrected chi connectivity index (χ0v) is 15.6. The molecule has 0 spiro atoms. The van der Waals surface area contributed by atoms with Gasteiger partial charge >= 0.3 is 0 Å². The summed E-state index contributed by atoms with van der Waals surface area (Å²) in [7, 11) is 0. The van der Waals surface area contributed by atoms with Crippen LogP contribution in [0, 0.1) is 0 Å². The van der Waals surface area contributed by atoms with E-state index in [2.05, 4.69) is 17.1 Å². The van der Waals surface area contributed by atoms with Crippen molar-refractivity contribution in [1.29, 1.82) is 0 Å². The number of likely N-dealkylation sites (tertiary alicyclic amines) is 1. The lowest BCUT2D eigenvalue weighted by atomic mass is 9.99. The molecule has 3 heterocycles.